The van der Waals surface area contributed by atoms with Crippen LogP contribution in [0.4, 0.5) is 0 Å². The van der Waals surface area contributed by atoms with E-state index in [1.54, 1.807) is 10.9 Å². The normalized spacial score (nSPS) is 18.1. The minimum atomic E-state index is -1.18. The number of rotatable bonds is 4. The predicted molar refractivity (Wildman–Crippen MR) is 83.5 cm³/mol. The fourth-order valence-corrected chi connectivity index (χ4v) is 2.94. The van der Waals surface area contributed by atoms with Crippen LogP contribution in [0.5, 0.6) is 0 Å². The Morgan fingerprint density at radius 2 is 2.00 bits per heavy atom. The van der Waals surface area contributed by atoms with E-state index < -0.39 is 5.60 Å². The average molecular weight is 299 g/mol. The number of benzene rings is 1. The third-order valence-corrected chi connectivity index (χ3v) is 4.36. The zero-order valence-electron chi connectivity index (χ0n) is 12.7. The number of hydrogen-bond donors (Lipinski definition) is 2. The minimum absolute atomic E-state index is 0.135. The van der Waals surface area contributed by atoms with Gasteiger partial charge in [0.05, 0.1) is 11.7 Å². The molecule has 1 aromatic carbocycles. The van der Waals surface area contributed by atoms with Crippen molar-refractivity contribution in [3.63, 3.8) is 0 Å². The molecule has 0 spiro atoms. The Kier molecular flexibility index (Phi) is 3.98. The summed E-state index contributed by atoms with van der Waals surface area (Å²) in [4.78, 5) is 12.2. The molecule has 0 saturated heterocycles. The molecule has 1 aromatic heterocycles. The van der Waals surface area contributed by atoms with Crippen molar-refractivity contribution in [3.8, 4) is 5.69 Å². The van der Waals surface area contributed by atoms with Crippen LogP contribution in [-0.2, 0) is 4.79 Å². The van der Waals surface area contributed by atoms with Crippen LogP contribution in [0.1, 0.15) is 44.2 Å². The lowest BCUT2D eigenvalue weighted by molar-refractivity contribution is -0.139. The Morgan fingerprint density at radius 3 is 2.59 bits per heavy atom. The molecule has 2 N–H and O–H groups in total. The maximum Gasteiger partial charge on any atom is 0.252 e. The second kappa shape index (κ2) is 5.93. The number of hydrogen-bond acceptors (Lipinski definition) is 3. The number of nitrogens with zero attached hydrogens (tertiary/aromatic N) is 2. The van der Waals surface area contributed by atoms with Gasteiger partial charge in [0.1, 0.15) is 5.60 Å². The summed E-state index contributed by atoms with van der Waals surface area (Å²) in [6.45, 7) is 1.93. The lowest BCUT2D eigenvalue weighted by Gasteiger charge is -2.24. The van der Waals surface area contributed by atoms with Gasteiger partial charge in [-0.1, -0.05) is 12.1 Å². The number of carbonyl (C=O) groups excluding carboxylic acids is 1. The van der Waals surface area contributed by atoms with E-state index in [9.17, 15) is 9.90 Å². The van der Waals surface area contributed by atoms with Crippen LogP contribution in [-0.4, -0.2) is 26.4 Å². The van der Waals surface area contributed by atoms with E-state index in [-0.39, 0.29) is 11.9 Å². The second-order valence-electron chi connectivity index (χ2n) is 5.98. The zero-order chi connectivity index (χ0) is 15.6. The van der Waals surface area contributed by atoms with Gasteiger partial charge in [0, 0.05) is 12.4 Å². The van der Waals surface area contributed by atoms with E-state index in [1.165, 1.54) is 0 Å². The third-order valence-electron chi connectivity index (χ3n) is 4.36. The Morgan fingerprint density at radius 1 is 1.32 bits per heavy atom. The lowest BCUT2D eigenvalue weighted by atomic mass is 10.00. The lowest BCUT2D eigenvalue weighted by Crippen LogP contribution is -2.45. The van der Waals surface area contributed by atoms with E-state index in [0.29, 0.717) is 12.8 Å². The molecule has 22 heavy (non-hydrogen) atoms. The summed E-state index contributed by atoms with van der Waals surface area (Å²) in [6.07, 6.45) is 6.57. The highest BCUT2D eigenvalue weighted by Crippen LogP contribution is 2.30. The summed E-state index contributed by atoms with van der Waals surface area (Å²) in [5.41, 5.74) is 0.802. The quantitative estimate of drug-likeness (QED) is 0.910. The fraction of sp³-hybridized carbons (Fsp3) is 0.412. The predicted octanol–water partition coefficient (Wildman–Crippen LogP) is 2.35. The molecule has 1 saturated carbocycles. The molecule has 0 radical (unpaired) electrons. The number of carbonyl (C=O) groups is 1. The summed E-state index contributed by atoms with van der Waals surface area (Å²) >= 11 is 0. The van der Waals surface area contributed by atoms with Crippen LogP contribution in [0, 0.1) is 0 Å². The molecule has 1 unspecified atom stereocenters. The van der Waals surface area contributed by atoms with Crippen molar-refractivity contribution < 1.29 is 9.90 Å². The van der Waals surface area contributed by atoms with Crippen LogP contribution < -0.4 is 5.32 Å². The molecule has 1 aliphatic carbocycles. The molecule has 0 aliphatic heterocycles. The van der Waals surface area contributed by atoms with E-state index in [1.807, 2.05) is 43.5 Å². The van der Waals surface area contributed by atoms with Crippen LogP contribution in [0.3, 0.4) is 0 Å². The first kappa shape index (κ1) is 14.8. The molecular weight excluding hydrogens is 278 g/mol. The SMILES string of the molecule is CC(NC(=O)C1(O)CCCC1)c1ccc(-n2cccn2)cc1. The molecule has 1 heterocycles. The average Bonchev–Trinajstić information content (AvgIpc) is 3.19. The van der Waals surface area contributed by atoms with Crippen molar-refractivity contribution in [1.29, 1.82) is 0 Å². The van der Waals surface area contributed by atoms with Crippen LogP contribution in [0.2, 0.25) is 0 Å². The molecule has 1 atom stereocenters. The van der Waals surface area contributed by atoms with Gasteiger partial charge in [-0.05, 0) is 56.4 Å². The maximum absolute atomic E-state index is 12.2. The number of nitrogens with one attached hydrogen (secondary N) is 1. The van der Waals surface area contributed by atoms with E-state index >= 15 is 0 Å². The van der Waals surface area contributed by atoms with Gasteiger partial charge in [0.2, 0.25) is 0 Å². The van der Waals surface area contributed by atoms with Crippen molar-refractivity contribution in [2.24, 2.45) is 0 Å². The Balaban J connectivity index is 1.67. The first-order chi connectivity index (χ1) is 10.6. The Labute approximate surface area is 130 Å². The largest absolute Gasteiger partial charge is 0.380 e. The first-order valence-electron chi connectivity index (χ1n) is 7.72. The van der Waals surface area contributed by atoms with Crippen molar-refractivity contribution >= 4 is 5.91 Å². The van der Waals surface area contributed by atoms with Crippen LogP contribution in [0.25, 0.3) is 5.69 Å². The highest BCUT2D eigenvalue weighted by atomic mass is 16.3. The van der Waals surface area contributed by atoms with Crippen molar-refractivity contribution in [2.45, 2.75) is 44.2 Å². The molecule has 1 amide bonds. The highest BCUT2D eigenvalue weighted by Gasteiger charge is 2.39. The van der Waals surface area contributed by atoms with Gasteiger partial charge in [0.15, 0.2) is 0 Å². The standard InChI is InChI=1S/C17H21N3O2/c1-13(19-16(21)17(22)9-2-3-10-17)14-5-7-15(8-6-14)20-12-4-11-18-20/h4-8,11-13,22H,2-3,9-10H2,1H3,(H,19,21). The molecule has 116 valence electrons. The topological polar surface area (TPSA) is 67.2 Å². The molecule has 1 fully saturated rings. The van der Waals surface area contributed by atoms with Crippen molar-refractivity contribution in [3.05, 3.63) is 48.3 Å². The monoisotopic (exact) mass is 299 g/mol. The van der Waals surface area contributed by atoms with Crippen molar-refractivity contribution in [2.75, 3.05) is 0 Å². The summed E-state index contributed by atoms with van der Waals surface area (Å²) < 4.78 is 1.79. The van der Waals surface area contributed by atoms with Gasteiger partial charge >= 0.3 is 0 Å². The van der Waals surface area contributed by atoms with Crippen LogP contribution in [0.15, 0.2) is 42.7 Å². The smallest absolute Gasteiger partial charge is 0.252 e. The van der Waals surface area contributed by atoms with Gasteiger partial charge in [-0.2, -0.15) is 5.10 Å². The summed E-state index contributed by atoms with van der Waals surface area (Å²) in [5, 5.41) is 17.4. The van der Waals surface area contributed by atoms with Gasteiger partial charge in [-0.3, -0.25) is 4.79 Å². The zero-order valence-corrected chi connectivity index (χ0v) is 12.7. The van der Waals surface area contributed by atoms with E-state index in [2.05, 4.69) is 10.4 Å². The molecule has 2 aromatic rings. The summed E-state index contributed by atoms with van der Waals surface area (Å²) in [7, 11) is 0. The molecule has 1 aliphatic rings. The van der Waals surface area contributed by atoms with Gasteiger partial charge in [-0.15, -0.1) is 0 Å². The number of aromatic nitrogens is 2. The van der Waals surface area contributed by atoms with Gasteiger partial charge in [-0.25, -0.2) is 4.68 Å². The van der Waals surface area contributed by atoms with E-state index in [4.69, 9.17) is 0 Å². The Bertz CT molecular complexity index is 628. The Hall–Kier alpha value is -2.14. The molecule has 5 nitrogen and oxygen atoms in total. The molecular formula is C17H21N3O2. The fourth-order valence-electron chi connectivity index (χ4n) is 2.94. The number of aliphatic hydroxyl groups is 1. The third kappa shape index (κ3) is 2.90. The summed E-state index contributed by atoms with van der Waals surface area (Å²) in [5.74, 6) is -0.256. The highest BCUT2D eigenvalue weighted by molar-refractivity contribution is 5.85. The maximum atomic E-state index is 12.2. The number of amides is 1. The molecule has 0 bridgehead atoms. The van der Waals surface area contributed by atoms with Crippen LogP contribution >= 0.6 is 0 Å². The molecule has 5 heteroatoms. The van der Waals surface area contributed by atoms with E-state index in [0.717, 1.165) is 24.1 Å². The van der Waals surface area contributed by atoms with Crippen molar-refractivity contribution in [1.82, 2.24) is 15.1 Å². The van der Waals surface area contributed by atoms with Gasteiger partial charge < -0.3 is 10.4 Å². The second-order valence-corrected chi connectivity index (χ2v) is 5.98. The van der Waals surface area contributed by atoms with Gasteiger partial charge in [0.25, 0.3) is 5.91 Å². The summed E-state index contributed by atoms with van der Waals surface area (Å²) in [6, 6.07) is 9.62. The molecule has 3 rings (SSSR count). The first-order valence-corrected chi connectivity index (χ1v) is 7.72. The minimum Gasteiger partial charge on any atom is -0.380 e.